The van der Waals surface area contributed by atoms with Gasteiger partial charge in [-0.05, 0) is 32.3 Å². The SMILES string of the molecule is Cc1cc(CN2CCC3(O)CCCCC3C2)oc1C(=O)O. The fourth-order valence-corrected chi connectivity index (χ4v) is 3.84. The third-order valence-corrected chi connectivity index (χ3v) is 5.05. The maximum Gasteiger partial charge on any atom is 0.372 e. The number of piperidine rings is 1. The third kappa shape index (κ3) is 2.85. The van der Waals surface area contributed by atoms with E-state index >= 15 is 0 Å². The van der Waals surface area contributed by atoms with Gasteiger partial charge in [0.05, 0.1) is 12.1 Å². The van der Waals surface area contributed by atoms with Gasteiger partial charge in [0.1, 0.15) is 5.76 Å². The zero-order valence-electron chi connectivity index (χ0n) is 12.5. The Balaban J connectivity index is 1.66. The first-order valence-electron chi connectivity index (χ1n) is 7.75. The average Bonchev–Trinajstić information content (AvgIpc) is 2.80. The van der Waals surface area contributed by atoms with Crippen LogP contribution in [0.1, 0.15) is 54.0 Å². The molecule has 2 unspecified atom stereocenters. The van der Waals surface area contributed by atoms with E-state index in [0.29, 0.717) is 23.8 Å². The molecule has 0 bridgehead atoms. The van der Waals surface area contributed by atoms with Crippen LogP contribution in [0.4, 0.5) is 0 Å². The van der Waals surface area contributed by atoms with Gasteiger partial charge in [0.25, 0.3) is 0 Å². The molecular weight excluding hydrogens is 270 g/mol. The first-order valence-corrected chi connectivity index (χ1v) is 7.75. The van der Waals surface area contributed by atoms with E-state index in [9.17, 15) is 9.90 Å². The highest BCUT2D eigenvalue weighted by Crippen LogP contribution is 2.40. The van der Waals surface area contributed by atoms with Gasteiger partial charge in [-0.25, -0.2) is 4.79 Å². The molecule has 1 aromatic heterocycles. The van der Waals surface area contributed by atoms with Crippen LogP contribution in [-0.2, 0) is 6.54 Å². The normalized spacial score (nSPS) is 30.1. The minimum absolute atomic E-state index is 0.0381. The van der Waals surface area contributed by atoms with Gasteiger partial charge in [-0.3, -0.25) is 4.90 Å². The molecule has 1 saturated carbocycles. The first-order chi connectivity index (χ1) is 9.98. The van der Waals surface area contributed by atoms with E-state index in [1.165, 1.54) is 6.42 Å². The maximum atomic E-state index is 11.0. The molecule has 1 saturated heterocycles. The molecule has 0 spiro atoms. The monoisotopic (exact) mass is 293 g/mol. The lowest BCUT2D eigenvalue weighted by Gasteiger charge is -2.47. The zero-order valence-corrected chi connectivity index (χ0v) is 12.5. The number of hydrogen-bond acceptors (Lipinski definition) is 4. The highest BCUT2D eigenvalue weighted by atomic mass is 16.4. The largest absolute Gasteiger partial charge is 0.475 e. The van der Waals surface area contributed by atoms with Crippen molar-refractivity contribution in [1.82, 2.24) is 4.90 Å². The van der Waals surface area contributed by atoms with E-state index in [2.05, 4.69) is 4.90 Å². The number of carboxylic acids is 1. The van der Waals surface area contributed by atoms with E-state index in [1.807, 2.05) is 6.07 Å². The molecule has 0 aromatic carbocycles. The van der Waals surface area contributed by atoms with Crippen LogP contribution in [0.15, 0.2) is 10.5 Å². The molecule has 21 heavy (non-hydrogen) atoms. The summed E-state index contributed by atoms with van der Waals surface area (Å²) in [5.41, 5.74) is 0.198. The van der Waals surface area contributed by atoms with Gasteiger partial charge in [0.15, 0.2) is 0 Å². The van der Waals surface area contributed by atoms with Crippen LogP contribution in [0.3, 0.4) is 0 Å². The van der Waals surface area contributed by atoms with Crippen molar-refractivity contribution in [2.45, 2.75) is 51.2 Å². The second-order valence-corrected chi connectivity index (χ2v) is 6.56. The second kappa shape index (κ2) is 5.46. The Kier molecular flexibility index (Phi) is 3.80. The van der Waals surface area contributed by atoms with Crippen LogP contribution in [0.5, 0.6) is 0 Å². The summed E-state index contributed by atoms with van der Waals surface area (Å²) in [5.74, 6) is 0.0661. The number of aromatic carboxylic acids is 1. The van der Waals surface area contributed by atoms with Gasteiger partial charge in [-0.1, -0.05) is 12.8 Å². The summed E-state index contributed by atoms with van der Waals surface area (Å²) >= 11 is 0. The number of likely N-dealkylation sites (tertiary alicyclic amines) is 1. The van der Waals surface area contributed by atoms with E-state index in [4.69, 9.17) is 9.52 Å². The van der Waals surface area contributed by atoms with Crippen LogP contribution in [0, 0.1) is 12.8 Å². The lowest BCUT2D eigenvalue weighted by Crippen LogP contribution is -2.52. The topological polar surface area (TPSA) is 73.9 Å². The Labute approximate surface area is 124 Å². The van der Waals surface area contributed by atoms with E-state index in [0.717, 1.165) is 38.8 Å². The zero-order chi connectivity index (χ0) is 15.0. The molecule has 1 aromatic rings. The van der Waals surface area contributed by atoms with Crippen LogP contribution >= 0.6 is 0 Å². The molecule has 5 nitrogen and oxygen atoms in total. The molecule has 0 radical (unpaired) electrons. The fraction of sp³-hybridized carbons (Fsp3) is 0.688. The predicted octanol–water partition coefficient (Wildman–Crippen LogP) is 2.41. The summed E-state index contributed by atoms with van der Waals surface area (Å²) in [4.78, 5) is 13.3. The molecule has 2 N–H and O–H groups in total. The number of hydrogen-bond donors (Lipinski definition) is 2. The molecule has 1 aliphatic heterocycles. The van der Waals surface area contributed by atoms with Gasteiger partial charge >= 0.3 is 5.97 Å². The Morgan fingerprint density at radius 2 is 2.29 bits per heavy atom. The van der Waals surface area contributed by atoms with Crippen LogP contribution < -0.4 is 0 Å². The molecule has 3 rings (SSSR count). The van der Waals surface area contributed by atoms with Crippen LogP contribution in [-0.4, -0.2) is 39.8 Å². The molecule has 2 aliphatic rings. The Bertz CT molecular complexity index is 538. The highest BCUT2D eigenvalue weighted by Gasteiger charge is 2.42. The van der Waals surface area contributed by atoms with Crippen molar-refractivity contribution >= 4 is 5.97 Å². The van der Waals surface area contributed by atoms with Gasteiger partial charge in [0, 0.05) is 24.6 Å². The van der Waals surface area contributed by atoms with Gasteiger partial charge in [-0.15, -0.1) is 0 Å². The standard InChI is InChI=1S/C16H23NO4/c1-11-8-13(21-14(11)15(18)19)10-17-7-6-16(20)5-3-2-4-12(16)9-17/h8,12,20H,2-7,9-10H2,1H3,(H,18,19). The van der Waals surface area contributed by atoms with Crippen molar-refractivity contribution in [2.75, 3.05) is 13.1 Å². The van der Waals surface area contributed by atoms with Crippen molar-refractivity contribution < 1.29 is 19.4 Å². The molecule has 2 heterocycles. The summed E-state index contributed by atoms with van der Waals surface area (Å²) < 4.78 is 5.44. The predicted molar refractivity (Wildman–Crippen MR) is 77.2 cm³/mol. The van der Waals surface area contributed by atoms with Crippen molar-refractivity contribution in [3.63, 3.8) is 0 Å². The summed E-state index contributed by atoms with van der Waals surface area (Å²) in [6.45, 7) is 4.10. The lowest BCUT2D eigenvalue weighted by atomic mass is 9.71. The van der Waals surface area contributed by atoms with Crippen molar-refractivity contribution in [2.24, 2.45) is 5.92 Å². The molecule has 5 heteroatoms. The van der Waals surface area contributed by atoms with E-state index < -0.39 is 11.6 Å². The number of nitrogens with zero attached hydrogens (tertiary/aromatic N) is 1. The maximum absolute atomic E-state index is 11.0. The molecule has 0 amide bonds. The van der Waals surface area contributed by atoms with Gasteiger partial charge in [0.2, 0.25) is 5.76 Å². The van der Waals surface area contributed by atoms with E-state index in [-0.39, 0.29) is 5.76 Å². The van der Waals surface area contributed by atoms with Gasteiger partial charge < -0.3 is 14.6 Å². The van der Waals surface area contributed by atoms with Crippen molar-refractivity contribution in [3.8, 4) is 0 Å². The quantitative estimate of drug-likeness (QED) is 0.895. The first kappa shape index (κ1) is 14.6. The van der Waals surface area contributed by atoms with Crippen molar-refractivity contribution in [3.05, 3.63) is 23.2 Å². The number of carbonyl (C=O) groups is 1. The average molecular weight is 293 g/mol. The molecular formula is C16H23NO4. The summed E-state index contributed by atoms with van der Waals surface area (Å²) in [6.07, 6.45) is 5.15. The van der Waals surface area contributed by atoms with Crippen LogP contribution in [0.25, 0.3) is 0 Å². The highest BCUT2D eigenvalue weighted by molar-refractivity contribution is 5.86. The van der Waals surface area contributed by atoms with Crippen molar-refractivity contribution in [1.29, 1.82) is 0 Å². The number of aryl methyl sites for hydroxylation is 1. The lowest BCUT2D eigenvalue weighted by molar-refractivity contribution is -0.0975. The molecule has 2 fully saturated rings. The number of carboxylic acid groups (broad SMARTS) is 1. The molecule has 2 atom stereocenters. The summed E-state index contributed by atoms with van der Waals surface area (Å²) in [6, 6.07) is 1.81. The number of rotatable bonds is 3. The Hall–Kier alpha value is -1.33. The third-order valence-electron chi connectivity index (χ3n) is 5.05. The minimum Gasteiger partial charge on any atom is -0.475 e. The number of aliphatic hydroxyl groups is 1. The summed E-state index contributed by atoms with van der Waals surface area (Å²) in [5, 5.41) is 19.7. The van der Waals surface area contributed by atoms with Gasteiger partial charge in [-0.2, -0.15) is 0 Å². The van der Waals surface area contributed by atoms with Crippen LogP contribution in [0.2, 0.25) is 0 Å². The summed E-state index contributed by atoms with van der Waals surface area (Å²) in [7, 11) is 0. The number of fused-ring (bicyclic) bond motifs is 1. The molecule has 1 aliphatic carbocycles. The Morgan fingerprint density at radius 1 is 1.48 bits per heavy atom. The number of furan rings is 1. The second-order valence-electron chi connectivity index (χ2n) is 6.56. The minimum atomic E-state index is -1.01. The molecule has 116 valence electrons. The fourth-order valence-electron chi connectivity index (χ4n) is 3.84. The van der Waals surface area contributed by atoms with E-state index in [1.54, 1.807) is 6.92 Å². The smallest absolute Gasteiger partial charge is 0.372 e. The Morgan fingerprint density at radius 3 is 3.00 bits per heavy atom.